The Bertz CT molecular complexity index is 1570. The van der Waals surface area contributed by atoms with Gasteiger partial charge in [-0.25, -0.2) is 14.8 Å². The standard InChI is InChI=1S/C28H35N9OS2/c1-8-20-23(35(7)25-31-22(21(15-29)39-25)18-11-9-17(2)10-12-18)37-26(30-20)40-27(33-37)36-14-13-19(16-36)34(6)24(38)32-28(3,4)5/h9-12,19H,8,13-14,16H2,1-7H3,(H,32,38)/t19-/m1/s1. The van der Waals surface area contributed by atoms with Gasteiger partial charge in [0.25, 0.3) is 0 Å². The Labute approximate surface area is 242 Å². The van der Waals surface area contributed by atoms with Crippen LogP contribution in [0.15, 0.2) is 24.3 Å². The highest BCUT2D eigenvalue weighted by Crippen LogP contribution is 2.38. The fourth-order valence-electron chi connectivity index (χ4n) is 4.80. The van der Waals surface area contributed by atoms with E-state index in [1.807, 2.05) is 75.5 Å². The molecule has 1 aromatic carbocycles. The Balaban J connectivity index is 1.41. The number of nitriles is 1. The van der Waals surface area contributed by atoms with Gasteiger partial charge < -0.3 is 20.0 Å². The zero-order chi connectivity index (χ0) is 28.8. The maximum absolute atomic E-state index is 12.7. The monoisotopic (exact) mass is 577 g/mol. The minimum absolute atomic E-state index is 0.0602. The molecule has 0 spiro atoms. The second kappa shape index (κ2) is 10.7. The fourth-order valence-corrected chi connectivity index (χ4v) is 6.60. The highest BCUT2D eigenvalue weighted by Gasteiger charge is 2.32. The lowest BCUT2D eigenvalue weighted by Crippen LogP contribution is -2.50. The van der Waals surface area contributed by atoms with E-state index in [1.54, 1.807) is 16.2 Å². The molecule has 3 aromatic heterocycles. The van der Waals surface area contributed by atoms with E-state index in [2.05, 4.69) is 23.2 Å². The maximum Gasteiger partial charge on any atom is 0.317 e. The molecule has 210 valence electrons. The Morgan fingerprint density at radius 2 is 1.93 bits per heavy atom. The van der Waals surface area contributed by atoms with Gasteiger partial charge in [0.05, 0.1) is 11.7 Å². The normalized spacial score (nSPS) is 15.4. The summed E-state index contributed by atoms with van der Waals surface area (Å²) in [5, 5.41) is 19.5. The van der Waals surface area contributed by atoms with E-state index in [9.17, 15) is 10.1 Å². The topological polar surface area (TPSA) is 106 Å². The third-order valence-corrected chi connectivity index (χ3v) is 9.01. The molecule has 1 atom stereocenters. The van der Waals surface area contributed by atoms with Gasteiger partial charge in [-0.15, -0.1) is 5.10 Å². The largest absolute Gasteiger partial charge is 0.345 e. The molecule has 1 saturated heterocycles. The molecule has 5 rings (SSSR count). The van der Waals surface area contributed by atoms with Crippen LogP contribution in [0.25, 0.3) is 16.2 Å². The van der Waals surface area contributed by atoms with Crippen molar-refractivity contribution in [3.8, 4) is 17.3 Å². The van der Waals surface area contributed by atoms with Crippen molar-refractivity contribution >= 4 is 49.7 Å². The molecule has 0 saturated carbocycles. The van der Waals surface area contributed by atoms with Crippen LogP contribution in [-0.2, 0) is 6.42 Å². The summed E-state index contributed by atoms with van der Waals surface area (Å²) in [5.41, 5.74) is 3.42. The minimum Gasteiger partial charge on any atom is -0.345 e. The predicted octanol–water partition coefficient (Wildman–Crippen LogP) is 5.44. The number of hydrogen-bond acceptors (Lipinski definition) is 9. The van der Waals surface area contributed by atoms with Crippen molar-refractivity contribution in [1.82, 2.24) is 29.8 Å². The highest BCUT2D eigenvalue weighted by atomic mass is 32.1. The molecule has 0 bridgehead atoms. The fraction of sp³-hybridized carbons (Fsp3) is 0.464. The molecule has 1 fully saturated rings. The first-order chi connectivity index (χ1) is 19.0. The smallest absolute Gasteiger partial charge is 0.317 e. The number of fused-ring (bicyclic) bond motifs is 1. The Hall–Kier alpha value is -3.69. The number of amides is 2. The number of hydrogen-bond donors (Lipinski definition) is 1. The zero-order valence-corrected chi connectivity index (χ0v) is 25.7. The first-order valence-electron chi connectivity index (χ1n) is 13.4. The SMILES string of the molecule is CCc1nc2sc(N3CC[C@@H](N(C)C(=O)NC(C)(C)C)C3)nn2c1N(C)c1nc(-c2ccc(C)cc2)c(C#N)s1. The molecular weight excluding hydrogens is 543 g/mol. The number of aromatic nitrogens is 4. The van der Waals surface area contributed by atoms with Crippen molar-refractivity contribution < 1.29 is 4.79 Å². The predicted molar refractivity (Wildman–Crippen MR) is 162 cm³/mol. The second-order valence-electron chi connectivity index (χ2n) is 11.2. The van der Waals surface area contributed by atoms with Gasteiger partial charge in [-0.2, -0.15) is 9.78 Å². The van der Waals surface area contributed by atoms with E-state index < -0.39 is 0 Å². The van der Waals surface area contributed by atoms with E-state index >= 15 is 0 Å². The van der Waals surface area contributed by atoms with Crippen molar-refractivity contribution in [1.29, 1.82) is 5.26 Å². The number of nitrogens with zero attached hydrogens (tertiary/aromatic N) is 8. The quantitative estimate of drug-likeness (QED) is 0.325. The van der Waals surface area contributed by atoms with E-state index in [4.69, 9.17) is 15.1 Å². The van der Waals surface area contributed by atoms with Crippen LogP contribution >= 0.6 is 22.7 Å². The molecule has 2 amide bonds. The number of likely N-dealkylation sites (N-methyl/N-ethyl adjacent to an activating group) is 1. The van der Waals surface area contributed by atoms with Crippen LogP contribution in [0, 0.1) is 18.3 Å². The summed E-state index contributed by atoms with van der Waals surface area (Å²) >= 11 is 2.92. The summed E-state index contributed by atoms with van der Waals surface area (Å²) in [6.07, 6.45) is 1.62. The summed E-state index contributed by atoms with van der Waals surface area (Å²) < 4.78 is 1.89. The van der Waals surface area contributed by atoms with Gasteiger partial charge in [-0.05, 0) is 40.5 Å². The second-order valence-corrected chi connectivity index (χ2v) is 13.1. The average molecular weight is 578 g/mol. The van der Waals surface area contributed by atoms with Crippen molar-refractivity contribution in [2.24, 2.45) is 0 Å². The van der Waals surface area contributed by atoms with Crippen molar-refractivity contribution in [3.63, 3.8) is 0 Å². The molecule has 12 heteroatoms. The van der Waals surface area contributed by atoms with Gasteiger partial charge in [0.15, 0.2) is 10.9 Å². The summed E-state index contributed by atoms with van der Waals surface area (Å²) in [6, 6.07) is 10.4. The van der Waals surface area contributed by atoms with Gasteiger partial charge in [0.1, 0.15) is 16.6 Å². The van der Waals surface area contributed by atoms with Gasteiger partial charge in [-0.3, -0.25) is 0 Å². The molecule has 4 heterocycles. The summed E-state index contributed by atoms with van der Waals surface area (Å²) in [6.45, 7) is 11.6. The van der Waals surface area contributed by atoms with E-state index in [1.165, 1.54) is 11.3 Å². The van der Waals surface area contributed by atoms with Gasteiger partial charge >= 0.3 is 6.03 Å². The van der Waals surface area contributed by atoms with Crippen LogP contribution in [0.2, 0.25) is 0 Å². The number of imidazole rings is 1. The molecule has 1 aliphatic heterocycles. The van der Waals surface area contributed by atoms with Gasteiger partial charge in [0.2, 0.25) is 10.1 Å². The molecular formula is C28H35N9OS2. The molecule has 0 radical (unpaired) electrons. The molecule has 4 aromatic rings. The third kappa shape index (κ3) is 5.36. The van der Waals surface area contributed by atoms with Crippen molar-refractivity contribution in [2.45, 2.75) is 59.0 Å². The van der Waals surface area contributed by atoms with Crippen LogP contribution in [0.1, 0.15) is 50.3 Å². The van der Waals surface area contributed by atoms with Crippen molar-refractivity contribution in [2.75, 3.05) is 37.0 Å². The lowest BCUT2D eigenvalue weighted by molar-refractivity contribution is 0.185. The van der Waals surface area contributed by atoms with Crippen LogP contribution in [0.4, 0.5) is 20.9 Å². The highest BCUT2D eigenvalue weighted by molar-refractivity contribution is 7.20. The maximum atomic E-state index is 12.7. The Morgan fingerprint density at radius 1 is 1.20 bits per heavy atom. The first kappa shape index (κ1) is 27.9. The molecule has 0 aliphatic carbocycles. The Morgan fingerprint density at radius 3 is 2.58 bits per heavy atom. The number of carbonyl (C=O) groups excluding carboxylic acids is 1. The average Bonchev–Trinajstić information content (AvgIpc) is 3.69. The summed E-state index contributed by atoms with van der Waals surface area (Å²) in [5.74, 6) is 0.853. The Kier molecular flexibility index (Phi) is 7.46. The molecule has 0 unspecified atom stereocenters. The van der Waals surface area contributed by atoms with Gasteiger partial charge in [0, 0.05) is 38.3 Å². The number of urea groups is 1. The van der Waals surface area contributed by atoms with E-state index in [-0.39, 0.29) is 17.6 Å². The third-order valence-electron chi connectivity index (χ3n) is 7.00. The van der Waals surface area contributed by atoms with Crippen LogP contribution in [0.5, 0.6) is 0 Å². The first-order valence-corrected chi connectivity index (χ1v) is 15.0. The number of benzene rings is 1. The number of rotatable bonds is 6. The van der Waals surface area contributed by atoms with Crippen LogP contribution < -0.4 is 15.1 Å². The van der Waals surface area contributed by atoms with Crippen molar-refractivity contribution in [3.05, 3.63) is 40.4 Å². The lowest BCUT2D eigenvalue weighted by atomic mass is 10.1. The van der Waals surface area contributed by atoms with Crippen LogP contribution in [0.3, 0.4) is 0 Å². The molecule has 10 nitrogen and oxygen atoms in total. The zero-order valence-electron chi connectivity index (χ0n) is 24.0. The van der Waals surface area contributed by atoms with E-state index in [0.717, 1.165) is 52.1 Å². The molecule has 40 heavy (non-hydrogen) atoms. The van der Waals surface area contributed by atoms with E-state index in [0.29, 0.717) is 22.2 Å². The summed E-state index contributed by atoms with van der Waals surface area (Å²) in [4.78, 5) is 29.9. The number of anilines is 3. The molecule has 1 aliphatic rings. The van der Waals surface area contributed by atoms with Crippen LogP contribution in [-0.4, -0.2) is 69.3 Å². The number of aryl methyl sites for hydroxylation is 2. The number of nitrogens with one attached hydrogen (secondary N) is 1. The molecule has 1 N–H and O–H groups in total. The summed E-state index contributed by atoms with van der Waals surface area (Å²) in [7, 11) is 3.81. The van der Waals surface area contributed by atoms with Gasteiger partial charge in [-0.1, -0.05) is 59.4 Å². The number of carbonyl (C=O) groups is 1. The lowest BCUT2D eigenvalue weighted by Gasteiger charge is -2.29. The minimum atomic E-state index is -0.282. The number of thiazole rings is 1.